The van der Waals surface area contributed by atoms with Gasteiger partial charge in [0, 0.05) is 0 Å². The summed E-state index contributed by atoms with van der Waals surface area (Å²) in [6.45, 7) is 0.115. The summed E-state index contributed by atoms with van der Waals surface area (Å²) in [5.74, 6) is 4.77. The highest BCUT2D eigenvalue weighted by atomic mass is 127. The maximum atomic E-state index is 13.5. The second kappa shape index (κ2) is 10.4. The van der Waals surface area contributed by atoms with Crippen LogP contribution in [-0.4, -0.2) is 36.7 Å². The molecule has 0 bridgehead atoms. The van der Waals surface area contributed by atoms with Crippen LogP contribution in [0.4, 0.5) is 0 Å². The van der Waals surface area contributed by atoms with Crippen LogP contribution in [0.5, 0.6) is 17.2 Å². The second-order valence-electron chi connectivity index (χ2n) is 7.82. The largest absolute Gasteiger partial charge is 0.496 e. The predicted octanol–water partition coefficient (Wildman–Crippen LogP) is 5.33. The van der Waals surface area contributed by atoms with Crippen LogP contribution in [0.15, 0.2) is 75.0 Å². The highest BCUT2D eigenvalue weighted by Gasteiger charge is 2.18. The van der Waals surface area contributed by atoms with E-state index in [1.807, 2.05) is 30.3 Å². The number of terminal acetylenes is 1. The number of hydrogen-bond acceptors (Lipinski definition) is 7. The first-order valence-electron chi connectivity index (χ1n) is 11.1. The molecule has 9 heteroatoms. The molecule has 0 spiro atoms. The number of aromatic nitrogens is 2. The fourth-order valence-electron chi connectivity index (χ4n) is 3.91. The number of nitrogens with zero attached hydrogens (tertiary/aromatic N) is 3. The van der Waals surface area contributed by atoms with Crippen molar-refractivity contribution >= 4 is 50.7 Å². The molecule has 0 unspecified atom stereocenters. The highest BCUT2D eigenvalue weighted by Crippen LogP contribution is 2.34. The Hall–Kier alpha value is -4.30. The van der Waals surface area contributed by atoms with Gasteiger partial charge in [0.05, 0.1) is 40.3 Å². The highest BCUT2D eigenvalue weighted by molar-refractivity contribution is 14.1. The molecule has 0 saturated heterocycles. The Labute approximate surface area is 225 Å². The van der Waals surface area contributed by atoms with Gasteiger partial charge in [-0.05, 0) is 70.6 Å². The first-order chi connectivity index (χ1) is 18.0. The number of halogens is 1. The van der Waals surface area contributed by atoms with Gasteiger partial charge in [-0.1, -0.05) is 24.1 Å². The standard InChI is InChI=1S/C28H20IN3O5/c1-4-12-36-26-20(29)13-17(14-24(26)35-3)16-30-32-27(31-21-9-6-5-8-18(21)28(32)33)25-15-19-22(34-2)10-7-11-23(19)37-25/h1,5-11,13-16H,12H2,2-3H3. The van der Waals surface area contributed by atoms with Crippen LogP contribution in [0, 0.1) is 15.9 Å². The number of fused-ring (bicyclic) bond motifs is 2. The lowest BCUT2D eigenvalue weighted by molar-refractivity contribution is 0.328. The number of furan rings is 1. The molecule has 0 N–H and O–H groups in total. The Morgan fingerprint density at radius 2 is 1.89 bits per heavy atom. The molecule has 2 aromatic heterocycles. The molecule has 0 amide bonds. The van der Waals surface area contributed by atoms with E-state index in [1.165, 1.54) is 4.68 Å². The topological polar surface area (TPSA) is 88.1 Å². The van der Waals surface area contributed by atoms with Crippen LogP contribution in [0.3, 0.4) is 0 Å². The third-order valence-corrected chi connectivity index (χ3v) is 6.39. The minimum absolute atomic E-state index is 0.115. The van der Waals surface area contributed by atoms with Gasteiger partial charge in [-0.3, -0.25) is 4.79 Å². The number of methoxy groups -OCH3 is 2. The fourth-order valence-corrected chi connectivity index (χ4v) is 4.69. The normalized spacial score (nSPS) is 11.2. The van der Waals surface area contributed by atoms with Crippen LogP contribution in [-0.2, 0) is 0 Å². The maximum absolute atomic E-state index is 13.5. The molecule has 0 radical (unpaired) electrons. The smallest absolute Gasteiger partial charge is 0.282 e. The third-order valence-electron chi connectivity index (χ3n) is 5.59. The summed E-state index contributed by atoms with van der Waals surface area (Å²) in [6, 6.07) is 18.0. The lowest BCUT2D eigenvalue weighted by Gasteiger charge is -2.12. The lowest BCUT2D eigenvalue weighted by atomic mass is 10.2. The summed E-state index contributed by atoms with van der Waals surface area (Å²) >= 11 is 2.13. The Morgan fingerprint density at radius 1 is 1.08 bits per heavy atom. The van der Waals surface area contributed by atoms with Gasteiger partial charge < -0.3 is 18.6 Å². The molecule has 5 aromatic rings. The van der Waals surface area contributed by atoms with Crippen molar-refractivity contribution in [2.45, 2.75) is 0 Å². The van der Waals surface area contributed by atoms with E-state index < -0.39 is 0 Å². The van der Waals surface area contributed by atoms with E-state index in [0.29, 0.717) is 45.1 Å². The monoisotopic (exact) mass is 605 g/mol. The van der Waals surface area contributed by atoms with Crippen molar-refractivity contribution in [3.63, 3.8) is 0 Å². The molecule has 3 aromatic carbocycles. The van der Waals surface area contributed by atoms with E-state index in [1.54, 1.807) is 50.8 Å². The molecular formula is C28H20IN3O5. The second-order valence-corrected chi connectivity index (χ2v) is 8.99. The molecule has 184 valence electrons. The molecule has 0 aliphatic carbocycles. The summed E-state index contributed by atoms with van der Waals surface area (Å²) in [5, 5.41) is 5.71. The number of para-hydroxylation sites is 1. The van der Waals surface area contributed by atoms with Crippen LogP contribution in [0.2, 0.25) is 0 Å². The first-order valence-corrected chi connectivity index (χ1v) is 12.2. The fraction of sp³-hybridized carbons (Fsp3) is 0.107. The molecule has 8 nitrogen and oxygen atoms in total. The van der Waals surface area contributed by atoms with Crippen LogP contribution < -0.4 is 19.8 Å². The molecule has 0 atom stereocenters. The summed E-state index contributed by atoms with van der Waals surface area (Å²) in [6.07, 6.45) is 6.88. The molecule has 5 rings (SSSR count). The Balaban J connectivity index is 1.67. The molecule has 0 aliphatic heterocycles. The van der Waals surface area contributed by atoms with Crippen molar-refractivity contribution < 1.29 is 18.6 Å². The Kier molecular flexibility index (Phi) is 6.83. The molecular weight excluding hydrogens is 585 g/mol. The van der Waals surface area contributed by atoms with E-state index in [0.717, 1.165) is 8.96 Å². The number of hydrogen-bond donors (Lipinski definition) is 0. The van der Waals surface area contributed by atoms with Gasteiger partial charge >= 0.3 is 0 Å². The van der Waals surface area contributed by atoms with Gasteiger partial charge in [-0.2, -0.15) is 9.78 Å². The molecule has 0 fully saturated rings. The number of ether oxygens (including phenoxy) is 3. The molecule has 0 aliphatic rings. The molecule has 37 heavy (non-hydrogen) atoms. The quantitative estimate of drug-likeness (QED) is 0.142. The van der Waals surface area contributed by atoms with Crippen molar-refractivity contribution in [1.82, 2.24) is 9.66 Å². The summed E-state index contributed by atoms with van der Waals surface area (Å²) in [5.41, 5.74) is 1.49. The van der Waals surface area contributed by atoms with Crippen LogP contribution in [0.1, 0.15) is 5.56 Å². The third kappa shape index (κ3) is 4.63. The molecule has 2 heterocycles. The first kappa shape index (κ1) is 24.4. The van der Waals surface area contributed by atoms with Crippen molar-refractivity contribution in [1.29, 1.82) is 0 Å². The summed E-state index contributed by atoms with van der Waals surface area (Å²) in [4.78, 5) is 18.2. The van der Waals surface area contributed by atoms with Gasteiger partial charge in [0.15, 0.2) is 17.3 Å². The summed E-state index contributed by atoms with van der Waals surface area (Å²) < 4.78 is 24.6. The summed E-state index contributed by atoms with van der Waals surface area (Å²) in [7, 11) is 3.13. The average molecular weight is 605 g/mol. The van der Waals surface area contributed by atoms with Crippen molar-refractivity contribution in [3.8, 4) is 41.2 Å². The van der Waals surface area contributed by atoms with Gasteiger partial charge in [0.25, 0.3) is 5.56 Å². The zero-order valence-electron chi connectivity index (χ0n) is 19.9. The van der Waals surface area contributed by atoms with Crippen molar-refractivity contribution in [2.24, 2.45) is 5.10 Å². The minimum atomic E-state index is -0.333. The lowest BCUT2D eigenvalue weighted by Crippen LogP contribution is -2.20. The van der Waals surface area contributed by atoms with E-state index in [-0.39, 0.29) is 18.0 Å². The van der Waals surface area contributed by atoms with Gasteiger partial charge in [-0.25, -0.2) is 4.98 Å². The number of benzene rings is 3. The van der Waals surface area contributed by atoms with E-state index in [2.05, 4.69) is 33.6 Å². The SMILES string of the molecule is C#CCOc1c(I)cc(C=Nn2c(-c3cc4c(OC)cccc4o3)nc3ccccc3c2=O)cc1OC. The minimum Gasteiger partial charge on any atom is -0.496 e. The van der Waals surface area contributed by atoms with Gasteiger partial charge in [0.2, 0.25) is 5.82 Å². The predicted molar refractivity (Wildman–Crippen MR) is 151 cm³/mol. The van der Waals surface area contributed by atoms with Crippen LogP contribution in [0.25, 0.3) is 33.5 Å². The van der Waals surface area contributed by atoms with E-state index in [4.69, 9.17) is 30.0 Å². The Bertz CT molecular complexity index is 1760. The Morgan fingerprint density at radius 3 is 2.68 bits per heavy atom. The maximum Gasteiger partial charge on any atom is 0.282 e. The van der Waals surface area contributed by atoms with E-state index in [9.17, 15) is 4.79 Å². The van der Waals surface area contributed by atoms with Gasteiger partial charge in [-0.15, -0.1) is 6.42 Å². The van der Waals surface area contributed by atoms with E-state index >= 15 is 0 Å². The number of rotatable bonds is 7. The van der Waals surface area contributed by atoms with Crippen LogP contribution >= 0.6 is 22.6 Å². The van der Waals surface area contributed by atoms with Gasteiger partial charge in [0.1, 0.15) is 17.9 Å². The van der Waals surface area contributed by atoms with Crippen molar-refractivity contribution in [2.75, 3.05) is 20.8 Å². The average Bonchev–Trinajstić information content (AvgIpc) is 3.36. The molecule has 0 saturated carbocycles. The van der Waals surface area contributed by atoms with Crippen molar-refractivity contribution in [3.05, 3.63) is 80.2 Å². The zero-order valence-corrected chi connectivity index (χ0v) is 22.1. The zero-order chi connectivity index (χ0) is 25.9.